The van der Waals surface area contributed by atoms with Gasteiger partial charge in [0, 0.05) is 27.6 Å². The molecule has 0 spiro atoms. The average molecular weight is 364 g/mol. The van der Waals surface area contributed by atoms with E-state index in [0.717, 1.165) is 11.3 Å². The highest BCUT2D eigenvalue weighted by Crippen LogP contribution is 2.47. The third-order valence-corrected chi connectivity index (χ3v) is 6.41. The van der Waals surface area contributed by atoms with Crippen LogP contribution in [0.5, 0.6) is 5.75 Å². The minimum Gasteiger partial charge on any atom is -0.482 e. The number of thiophene rings is 1. The molecule has 0 saturated carbocycles. The van der Waals surface area contributed by atoms with Gasteiger partial charge in [-0.25, -0.2) is 0 Å². The maximum absolute atomic E-state index is 12.3. The Hall–Kier alpha value is -2.86. The molecule has 0 saturated heterocycles. The van der Waals surface area contributed by atoms with Crippen LogP contribution in [-0.2, 0) is 9.59 Å². The van der Waals surface area contributed by atoms with E-state index in [2.05, 4.69) is 29.7 Å². The van der Waals surface area contributed by atoms with Crippen molar-refractivity contribution in [2.75, 3.05) is 17.2 Å². The Kier molecular flexibility index (Phi) is 3.30. The summed E-state index contributed by atoms with van der Waals surface area (Å²) < 4.78 is 6.81. The summed E-state index contributed by atoms with van der Waals surface area (Å²) in [5.41, 5.74) is 3.61. The van der Waals surface area contributed by atoms with E-state index < -0.39 is 0 Å². The number of hydrogen-bond acceptors (Lipinski definition) is 4. The third kappa shape index (κ3) is 2.29. The number of carbonyl (C=O) groups excluding carboxylic acids is 2. The summed E-state index contributed by atoms with van der Waals surface area (Å²) in [5.74, 6) is 0.449. The van der Waals surface area contributed by atoms with E-state index in [0.29, 0.717) is 17.9 Å². The first-order chi connectivity index (χ1) is 12.6. The standard InChI is InChI=1S/C20H16N2O3S/c1-10-11-4-2-3-5-17(11)26-20(10)13-7-18(23)21-14-8-15-16(6-12(13)14)25-9-19(24)22-15/h2-6,8,13H,7,9H2,1H3,(H,21,23)(H,22,24)/t13-/m1/s1. The van der Waals surface area contributed by atoms with Gasteiger partial charge in [0.25, 0.3) is 5.91 Å². The number of carbonyl (C=O) groups is 2. The van der Waals surface area contributed by atoms with E-state index in [4.69, 9.17) is 4.74 Å². The molecule has 6 heteroatoms. The van der Waals surface area contributed by atoms with Crippen molar-refractivity contribution in [3.63, 3.8) is 0 Å². The molecule has 2 aliphatic rings. The van der Waals surface area contributed by atoms with Crippen LogP contribution >= 0.6 is 11.3 Å². The molecule has 2 aliphatic heterocycles. The molecule has 0 radical (unpaired) electrons. The maximum Gasteiger partial charge on any atom is 0.262 e. The number of fused-ring (bicyclic) bond motifs is 3. The Morgan fingerprint density at radius 3 is 2.73 bits per heavy atom. The highest BCUT2D eigenvalue weighted by molar-refractivity contribution is 7.19. The van der Waals surface area contributed by atoms with Gasteiger partial charge in [0.15, 0.2) is 6.61 Å². The SMILES string of the molecule is Cc1c([C@@H]2CC(=O)Nc3cc4c(cc32)OCC(=O)N4)sc2ccccc12. The molecule has 3 heterocycles. The van der Waals surface area contributed by atoms with Crippen LogP contribution in [-0.4, -0.2) is 18.4 Å². The number of hydrogen-bond donors (Lipinski definition) is 2. The summed E-state index contributed by atoms with van der Waals surface area (Å²) in [4.78, 5) is 25.1. The molecule has 26 heavy (non-hydrogen) atoms. The summed E-state index contributed by atoms with van der Waals surface area (Å²) in [6.45, 7) is 2.14. The van der Waals surface area contributed by atoms with E-state index in [1.165, 1.54) is 20.5 Å². The van der Waals surface area contributed by atoms with Crippen LogP contribution in [0.25, 0.3) is 10.1 Å². The first kappa shape index (κ1) is 15.4. The number of amides is 2. The molecule has 2 aromatic carbocycles. The van der Waals surface area contributed by atoms with Crippen molar-refractivity contribution in [3.8, 4) is 5.75 Å². The average Bonchev–Trinajstić information content (AvgIpc) is 2.96. The molecule has 0 fully saturated rings. The van der Waals surface area contributed by atoms with Gasteiger partial charge in [0.2, 0.25) is 5.91 Å². The van der Waals surface area contributed by atoms with Gasteiger partial charge in [-0.05, 0) is 41.6 Å². The Bertz CT molecular complexity index is 1090. The van der Waals surface area contributed by atoms with Crippen molar-refractivity contribution >= 4 is 44.6 Å². The lowest BCUT2D eigenvalue weighted by Crippen LogP contribution is -2.28. The second-order valence-corrected chi connectivity index (χ2v) is 7.75. The van der Waals surface area contributed by atoms with Gasteiger partial charge in [-0.1, -0.05) is 18.2 Å². The van der Waals surface area contributed by atoms with Crippen LogP contribution in [0, 0.1) is 6.92 Å². The lowest BCUT2D eigenvalue weighted by molar-refractivity contribution is -0.118. The Morgan fingerprint density at radius 2 is 1.88 bits per heavy atom. The van der Waals surface area contributed by atoms with Crippen molar-refractivity contribution in [1.29, 1.82) is 0 Å². The van der Waals surface area contributed by atoms with Gasteiger partial charge in [-0.15, -0.1) is 11.3 Å². The number of nitrogens with one attached hydrogen (secondary N) is 2. The summed E-state index contributed by atoms with van der Waals surface area (Å²) >= 11 is 1.74. The molecule has 5 nitrogen and oxygen atoms in total. The highest BCUT2D eigenvalue weighted by atomic mass is 32.1. The van der Waals surface area contributed by atoms with E-state index in [-0.39, 0.29) is 24.3 Å². The van der Waals surface area contributed by atoms with Crippen LogP contribution in [0.1, 0.15) is 28.3 Å². The smallest absolute Gasteiger partial charge is 0.262 e. The zero-order chi connectivity index (χ0) is 17.8. The molecule has 2 N–H and O–H groups in total. The number of anilines is 2. The number of aryl methyl sites for hydroxylation is 1. The predicted molar refractivity (Wildman–Crippen MR) is 102 cm³/mol. The number of ether oxygens (including phenoxy) is 1. The molecule has 2 amide bonds. The summed E-state index contributed by atoms with van der Waals surface area (Å²) in [5, 5.41) is 6.97. The fraction of sp³-hybridized carbons (Fsp3) is 0.200. The molecule has 3 aromatic rings. The molecule has 0 aliphatic carbocycles. The zero-order valence-corrected chi connectivity index (χ0v) is 14.9. The summed E-state index contributed by atoms with van der Waals surface area (Å²) in [7, 11) is 0. The molecule has 1 atom stereocenters. The lowest BCUT2D eigenvalue weighted by atomic mass is 9.87. The molecular formula is C20H16N2O3S. The minimum absolute atomic E-state index is 0.0114. The van der Waals surface area contributed by atoms with Crippen LogP contribution in [0.4, 0.5) is 11.4 Å². The van der Waals surface area contributed by atoms with Gasteiger partial charge in [0.1, 0.15) is 5.75 Å². The summed E-state index contributed by atoms with van der Waals surface area (Å²) in [6, 6.07) is 12.1. The van der Waals surface area contributed by atoms with E-state index >= 15 is 0 Å². The van der Waals surface area contributed by atoms with Crippen molar-refractivity contribution in [3.05, 3.63) is 52.4 Å². The third-order valence-electron chi connectivity index (χ3n) is 5.02. The Morgan fingerprint density at radius 1 is 1.08 bits per heavy atom. The number of benzene rings is 2. The fourth-order valence-corrected chi connectivity index (χ4v) is 5.13. The minimum atomic E-state index is -0.184. The highest BCUT2D eigenvalue weighted by Gasteiger charge is 2.31. The molecular weight excluding hydrogens is 348 g/mol. The van der Waals surface area contributed by atoms with Crippen LogP contribution in [0.15, 0.2) is 36.4 Å². The number of rotatable bonds is 1. The lowest BCUT2D eigenvalue weighted by Gasteiger charge is -2.28. The second-order valence-electron chi connectivity index (χ2n) is 6.66. The summed E-state index contributed by atoms with van der Waals surface area (Å²) in [6.07, 6.45) is 0.409. The van der Waals surface area contributed by atoms with E-state index in [9.17, 15) is 9.59 Å². The zero-order valence-electron chi connectivity index (χ0n) is 14.1. The van der Waals surface area contributed by atoms with Gasteiger partial charge < -0.3 is 15.4 Å². The maximum atomic E-state index is 12.3. The van der Waals surface area contributed by atoms with Gasteiger partial charge in [-0.3, -0.25) is 9.59 Å². The quantitative estimate of drug-likeness (QED) is 0.685. The van der Waals surface area contributed by atoms with Crippen molar-refractivity contribution < 1.29 is 14.3 Å². The predicted octanol–water partition coefficient (Wildman–Crippen LogP) is 4.01. The molecule has 0 unspecified atom stereocenters. The second kappa shape index (κ2) is 5.57. The van der Waals surface area contributed by atoms with Crippen molar-refractivity contribution in [1.82, 2.24) is 0 Å². The Balaban J connectivity index is 1.68. The van der Waals surface area contributed by atoms with Crippen LogP contribution in [0.3, 0.4) is 0 Å². The van der Waals surface area contributed by atoms with Crippen LogP contribution < -0.4 is 15.4 Å². The van der Waals surface area contributed by atoms with Gasteiger partial charge in [-0.2, -0.15) is 0 Å². The van der Waals surface area contributed by atoms with Gasteiger partial charge in [0.05, 0.1) is 5.69 Å². The van der Waals surface area contributed by atoms with Gasteiger partial charge >= 0.3 is 0 Å². The topological polar surface area (TPSA) is 67.4 Å². The first-order valence-electron chi connectivity index (χ1n) is 8.48. The normalized spacial score (nSPS) is 18.6. The molecule has 130 valence electrons. The monoisotopic (exact) mass is 364 g/mol. The Labute approximate surface area is 154 Å². The van der Waals surface area contributed by atoms with E-state index in [1.54, 1.807) is 17.4 Å². The largest absolute Gasteiger partial charge is 0.482 e. The molecule has 1 aromatic heterocycles. The van der Waals surface area contributed by atoms with Crippen molar-refractivity contribution in [2.24, 2.45) is 0 Å². The fourth-order valence-electron chi connectivity index (χ4n) is 3.79. The molecule has 0 bridgehead atoms. The van der Waals surface area contributed by atoms with Crippen LogP contribution in [0.2, 0.25) is 0 Å². The van der Waals surface area contributed by atoms with E-state index in [1.807, 2.05) is 18.2 Å². The van der Waals surface area contributed by atoms with Crippen molar-refractivity contribution in [2.45, 2.75) is 19.3 Å². The first-order valence-corrected chi connectivity index (χ1v) is 9.30. The molecule has 5 rings (SSSR count).